The number of rotatable bonds is 7. The summed E-state index contributed by atoms with van der Waals surface area (Å²) in [5.74, 6) is 0. The quantitative estimate of drug-likeness (QED) is 0.378. The van der Waals surface area contributed by atoms with Crippen LogP contribution in [0.5, 0.6) is 0 Å². The van der Waals surface area contributed by atoms with E-state index in [-0.39, 0.29) is 6.61 Å². The molecule has 5 nitrogen and oxygen atoms in total. The van der Waals surface area contributed by atoms with Crippen LogP contribution in [0.1, 0.15) is 13.3 Å². The van der Waals surface area contributed by atoms with E-state index in [2.05, 4.69) is 9.05 Å². The van der Waals surface area contributed by atoms with Gasteiger partial charge in [0.15, 0.2) is 0 Å². The molecule has 1 unspecified atom stereocenters. The standard InChI is InChI=1S/C9H20NO4P/c1-5-6-8-13-15(11,12)14-9-7-10(2,3)4/h6,8H,5,7,9H2,1-4H3/b8-6+. The molecular formula is C9H20NO4P. The molecule has 0 aromatic heterocycles. The zero-order valence-electron chi connectivity index (χ0n) is 9.80. The fraction of sp³-hybridized carbons (Fsp3) is 0.778. The van der Waals surface area contributed by atoms with Crippen molar-refractivity contribution >= 4 is 7.82 Å². The van der Waals surface area contributed by atoms with Gasteiger partial charge in [-0.15, -0.1) is 0 Å². The average Bonchev–Trinajstić information content (AvgIpc) is 2.01. The van der Waals surface area contributed by atoms with Crippen LogP contribution < -0.4 is 4.89 Å². The normalized spacial score (nSPS) is 16.6. The van der Waals surface area contributed by atoms with Crippen LogP contribution >= 0.6 is 7.82 Å². The lowest BCUT2D eigenvalue weighted by molar-refractivity contribution is -0.870. The van der Waals surface area contributed by atoms with Crippen LogP contribution in [0.25, 0.3) is 0 Å². The van der Waals surface area contributed by atoms with Gasteiger partial charge in [-0.3, -0.25) is 4.57 Å². The van der Waals surface area contributed by atoms with Crippen molar-refractivity contribution in [3.05, 3.63) is 12.3 Å². The first-order valence-corrected chi connectivity index (χ1v) is 6.32. The van der Waals surface area contributed by atoms with Crippen LogP contribution in [0.15, 0.2) is 12.3 Å². The molecule has 0 aromatic rings. The molecule has 0 saturated heterocycles. The Kier molecular flexibility index (Phi) is 6.13. The predicted octanol–water partition coefficient (Wildman–Crippen LogP) is 1.12. The molecule has 0 aliphatic rings. The highest BCUT2D eigenvalue weighted by Crippen LogP contribution is 2.38. The summed E-state index contributed by atoms with van der Waals surface area (Å²) < 4.78 is 20.9. The second kappa shape index (κ2) is 6.28. The minimum Gasteiger partial charge on any atom is -0.746 e. The Hall–Kier alpha value is -0.350. The van der Waals surface area contributed by atoms with Gasteiger partial charge in [-0.05, 0) is 12.5 Å². The first-order chi connectivity index (χ1) is 6.77. The maximum absolute atomic E-state index is 11.1. The Morgan fingerprint density at radius 3 is 2.47 bits per heavy atom. The first-order valence-electron chi connectivity index (χ1n) is 4.86. The molecule has 0 fully saturated rings. The molecule has 15 heavy (non-hydrogen) atoms. The number of hydrogen-bond acceptors (Lipinski definition) is 4. The third-order valence-electron chi connectivity index (χ3n) is 1.53. The zero-order chi connectivity index (χ0) is 11.9. The summed E-state index contributed by atoms with van der Waals surface area (Å²) in [5.41, 5.74) is 0. The molecule has 0 aromatic carbocycles. The third kappa shape index (κ3) is 9.94. The Balaban J connectivity index is 3.84. The zero-order valence-corrected chi connectivity index (χ0v) is 10.7. The Morgan fingerprint density at radius 2 is 2.00 bits per heavy atom. The van der Waals surface area contributed by atoms with E-state index in [4.69, 9.17) is 0 Å². The van der Waals surface area contributed by atoms with Gasteiger partial charge in [0.1, 0.15) is 13.2 Å². The van der Waals surface area contributed by atoms with Crippen LogP contribution in [-0.2, 0) is 13.6 Å². The minimum atomic E-state index is -4.16. The van der Waals surface area contributed by atoms with Gasteiger partial charge >= 0.3 is 7.82 Å². The third-order valence-corrected chi connectivity index (χ3v) is 2.41. The van der Waals surface area contributed by atoms with Gasteiger partial charge in [0.25, 0.3) is 0 Å². The van der Waals surface area contributed by atoms with Crippen LogP contribution in [0.3, 0.4) is 0 Å². The van der Waals surface area contributed by atoms with E-state index in [1.807, 2.05) is 28.1 Å². The van der Waals surface area contributed by atoms with E-state index in [1.165, 1.54) is 0 Å². The van der Waals surface area contributed by atoms with Crippen molar-refractivity contribution < 1.29 is 23.0 Å². The van der Waals surface area contributed by atoms with E-state index >= 15 is 0 Å². The second-order valence-electron chi connectivity index (χ2n) is 4.18. The maximum Gasteiger partial charge on any atom is 0.319 e. The van der Waals surface area contributed by atoms with Gasteiger partial charge in [0.2, 0.25) is 0 Å². The molecule has 0 heterocycles. The molecule has 0 bridgehead atoms. The van der Waals surface area contributed by atoms with Gasteiger partial charge in [0.05, 0.1) is 27.4 Å². The van der Waals surface area contributed by atoms with Crippen molar-refractivity contribution in [1.82, 2.24) is 0 Å². The van der Waals surface area contributed by atoms with Crippen LogP contribution in [0.4, 0.5) is 0 Å². The number of likely N-dealkylation sites (N-methyl/N-ethyl adjacent to an activating group) is 1. The largest absolute Gasteiger partial charge is 0.746 e. The summed E-state index contributed by atoms with van der Waals surface area (Å²) in [6.45, 7) is 2.62. The second-order valence-corrected chi connectivity index (χ2v) is 5.54. The van der Waals surface area contributed by atoms with Gasteiger partial charge in [-0.1, -0.05) is 6.92 Å². The Labute approximate surface area is 91.5 Å². The van der Waals surface area contributed by atoms with Crippen LogP contribution in [0.2, 0.25) is 0 Å². The topological polar surface area (TPSA) is 58.6 Å². The van der Waals surface area contributed by atoms with Gasteiger partial charge in [0, 0.05) is 0 Å². The number of phosphoric acid groups is 1. The summed E-state index contributed by atoms with van der Waals surface area (Å²) in [6, 6.07) is 0. The summed E-state index contributed by atoms with van der Waals surface area (Å²) in [4.78, 5) is 11.1. The molecule has 0 N–H and O–H groups in total. The molecule has 0 radical (unpaired) electrons. The lowest BCUT2D eigenvalue weighted by atomic mass is 10.5. The van der Waals surface area contributed by atoms with Crippen molar-refractivity contribution in [3.63, 3.8) is 0 Å². The molecule has 0 aliphatic carbocycles. The molecule has 0 spiro atoms. The number of allylic oxidation sites excluding steroid dienone is 1. The van der Waals surface area contributed by atoms with Gasteiger partial charge in [-0.25, -0.2) is 0 Å². The van der Waals surface area contributed by atoms with E-state index < -0.39 is 7.82 Å². The highest BCUT2D eigenvalue weighted by atomic mass is 31.2. The molecule has 0 saturated carbocycles. The Morgan fingerprint density at radius 1 is 1.40 bits per heavy atom. The number of nitrogens with zero attached hydrogens (tertiary/aromatic N) is 1. The van der Waals surface area contributed by atoms with E-state index in [9.17, 15) is 9.46 Å². The summed E-state index contributed by atoms with van der Waals surface area (Å²) in [7, 11) is 1.71. The number of hydrogen-bond donors (Lipinski definition) is 0. The number of phosphoric ester groups is 1. The van der Waals surface area contributed by atoms with Crippen molar-refractivity contribution in [2.45, 2.75) is 13.3 Å². The highest BCUT2D eigenvalue weighted by molar-refractivity contribution is 7.45. The summed E-state index contributed by atoms with van der Waals surface area (Å²) in [5, 5.41) is 0. The minimum absolute atomic E-state index is 0.129. The van der Waals surface area contributed by atoms with Crippen molar-refractivity contribution in [1.29, 1.82) is 0 Å². The van der Waals surface area contributed by atoms with Crippen molar-refractivity contribution in [2.75, 3.05) is 34.3 Å². The lowest BCUT2D eigenvalue weighted by Crippen LogP contribution is -2.37. The maximum atomic E-state index is 11.1. The van der Waals surface area contributed by atoms with Crippen molar-refractivity contribution in [3.8, 4) is 0 Å². The lowest BCUT2D eigenvalue weighted by Gasteiger charge is -2.26. The molecule has 0 amide bonds. The molecule has 0 rings (SSSR count). The van der Waals surface area contributed by atoms with Crippen molar-refractivity contribution in [2.24, 2.45) is 0 Å². The number of quaternary nitrogens is 1. The van der Waals surface area contributed by atoms with Crippen LogP contribution in [-0.4, -0.2) is 38.8 Å². The van der Waals surface area contributed by atoms with Gasteiger partial charge in [-0.2, -0.15) is 0 Å². The summed E-state index contributed by atoms with van der Waals surface area (Å²) in [6.07, 6.45) is 3.46. The van der Waals surface area contributed by atoms with Gasteiger partial charge < -0.3 is 18.4 Å². The average molecular weight is 237 g/mol. The fourth-order valence-corrected chi connectivity index (χ4v) is 1.27. The van der Waals surface area contributed by atoms with Crippen LogP contribution in [0, 0.1) is 0 Å². The summed E-state index contributed by atoms with van der Waals surface area (Å²) >= 11 is 0. The molecule has 6 heteroatoms. The molecule has 1 atom stereocenters. The van der Waals surface area contributed by atoms with E-state index in [1.54, 1.807) is 6.08 Å². The first kappa shape index (κ1) is 14.6. The Bertz CT molecular complexity index is 247. The van der Waals surface area contributed by atoms with E-state index in [0.717, 1.165) is 12.7 Å². The molecule has 0 aliphatic heterocycles. The van der Waals surface area contributed by atoms with E-state index in [0.29, 0.717) is 11.0 Å². The monoisotopic (exact) mass is 237 g/mol. The smallest absolute Gasteiger partial charge is 0.319 e. The SMILES string of the molecule is CC/C=C/OP(=O)([O-])OCC[N+](C)(C)C. The molecular weight excluding hydrogens is 217 g/mol. The molecule has 90 valence electrons. The fourth-order valence-electron chi connectivity index (χ4n) is 0.671. The highest BCUT2D eigenvalue weighted by Gasteiger charge is 2.12. The predicted molar refractivity (Wildman–Crippen MR) is 57.0 cm³/mol.